The summed E-state index contributed by atoms with van der Waals surface area (Å²) in [5.41, 5.74) is 5.31. The van der Waals surface area contributed by atoms with Gasteiger partial charge in [-0.25, -0.2) is 4.98 Å². The van der Waals surface area contributed by atoms with Gasteiger partial charge in [0.25, 0.3) is 0 Å². The smallest absolute Gasteiger partial charge is 0.106 e. The summed E-state index contributed by atoms with van der Waals surface area (Å²) in [6.07, 6.45) is 2.06. The molecule has 0 N–H and O–H groups in total. The Morgan fingerprint density at radius 3 is 2.37 bits per heavy atom. The largest absolute Gasteiger partial charge is 0.243 e. The number of hydrogen-bond donors (Lipinski definition) is 0. The van der Waals surface area contributed by atoms with Crippen LogP contribution in [0.4, 0.5) is 0 Å². The number of nitrogens with zero attached hydrogens (tertiary/aromatic N) is 3. The third-order valence-corrected chi connectivity index (χ3v) is 4.47. The maximum absolute atomic E-state index is 4.53. The van der Waals surface area contributed by atoms with Crippen LogP contribution in [-0.2, 0) is 11.8 Å². The van der Waals surface area contributed by atoms with Gasteiger partial charge in [-0.15, -0.1) is 11.3 Å². The molecule has 0 aliphatic heterocycles. The first-order valence-electron chi connectivity index (χ1n) is 6.84. The fraction of sp³-hybridized carbons (Fsp3) is 0.667. The van der Waals surface area contributed by atoms with Crippen molar-refractivity contribution in [2.45, 2.75) is 59.8 Å². The predicted molar refractivity (Wildman–Crippen MR) is 81.7 cm³/mol. The van der Waals surface area contributed by atoms with Gasteiger partial charge in [0.05, 0.1) is 21.6 Å². The van der Waals surface area contributed by atoms with Gasteiger partial charge in [-0.3, -0.25) is 0 Å². The van der Waals surface area contributed by atoms with Crippen LogP contribution >= 0.6 is 11.3 Å². The van der Waals surface area contributed by atoms with E-state index >= 15 is 0 Å². The van der Waals surface area contributed by atoms with Crippen LogP contribution in [0.25, 0.3) is 10.2 Å². The molecule has 0 aliphatic carbocycles. The van der Waals surface area contributed by atoms with Gasteiger partial charge in [-0.2, -0.15) is 10.2 Å². The Labute approximate surface area is 119 Å². The van der Waals surface area contributed by atoms with Crippen molar-refractivity contribution in [2.75, 3.05) is 0 Å². The molecule has 0 radical (unpaired) electrons. The van der Waals surface area contributed by atoms with Gasteiger partial charge in [0, 0.05) is 5.41 Å². The topological polar surface area (TPSA) is 38.7 Å². The summed E-state index contributed by atoms with van der Waals surface area (Å²) in [7, 11) is 0. The van der Waals surface area contributed by atoms with Crippen molar-refractivity contribution in [3.63, 3.8) is 0 Å². The molecule has 4 heteroatoms. The van der Waals surface area contributed by atoms with Crippen LogP contribution in [0.5, 0.6) is 0 Å². The Morgan fingerprint density at radius 2 is 1.79 bits per heavy atom. The average Bonchev–Trinajstić information content (AvgIpc) is 2.76. The van der Waals surface area contributed by atoms with Crippen molar-refractivity contribution >= 4 is 21.6 Å². The SMILES string of the molecule is CCC(C)(C)Cc1nnc(C(C)(C)C)c2scnc12. The van der Waals surface area contributed by atoms with Crippen LogP contribution in [0.1, 0.15) is 59.4 Å². The highest BCUT2D eigenvalue weighted by molar-refractivity contribution is 7.16. The van der Waals surface area contributed by atoms with E-state index in [9.17, 15) is 0 Å². The lowest BCUT2D eigenvalue weighted by Gasteiger charge is -2.23. The zero-order chi connectivity index (χ0) is 14.3. The fourth-order valence-electron chi connectivity index (χ4n) is 2.01. The van der Waals surface area contributed by atoms with Crippen LogP contribution in [0.2, 0.25) is 0 Å². The third kappa shape index (κ3) is 2.94. The van der Waals surface area contributed by atoms with Gasteiger partial charge in [0.2, 0.25) is 0 Å². The molecular weight excluding hydrogens is 254 g/mol. The number of fused-ring (bicyclic) bond motifs is 1. The summed E-state index contributed by atoms with van der Waals surface area (Å²) >= 11 is 1.67. The summed E-state index contributed by atoms with van der Waals surface area (Å²) < 4.78 is 1.20. The highest BCUT2D eigenvalue weighted by Crippen LogP contribution is 2.33. The van der Waals surface area contributed by atoms with Gasteiger partial charge in [-0.05, 0) is 11.8 Å². The quantitative estimate of drug-likeness (QED) is 0.836. The van der Waals surface area contributed by atoms with Gasteiger partial charge < -0.3 is 0 Å². The van der Waals surface area contributed by atoms with E-state index in [4.69, 9.17) is 0 Å². The molecule has 0 unspecified atom stereocenters. The molecule has 0 aliphatic rings. The molecule has 2 aromatic heterocycles. The number of hydrogen-bond acceptors (Lipinski definition) is 4. The van der Waals surface area contributed by atoms with E-state index in [1.807, 2.05) is 5.51 Å². The summed E-state index contributed by atoms with van der Waals surface area (Å²) in [6.45, 7) is 13.3. The van der Waals surface area contributed by atoms with Crippen LogP contribution < -0.4 is 0 Å². The maximum Gasteiger partial charge on any atom is 0.106 e. The maximum atomic E-state index is 4.53. The highest BCUT2D eigenvalue weighted by Gasteiger charge is 2.25. The molecule has 2 aromatic rings. The third-order valence-electron chi connectivity index (χ3n) is 3.64. The lowest BCUT2D eigenvalue weighted by Crippen LogP contribution is -2.18. The van der Waals surface area contributed by atoms with Crippen molar-refractivity contribution in [1.29, 1.82) is 0 Å². The van der Waals surface area contributed by atoms with Gasteiger partial charge in [-0.1, -0.05) is 48.0 Å². The minimum absolute atomic E-state index is 0.0105. The molecule has 104 valence electrons. The Hall–Kier alpha value is -1.03. The van der Waals surface area contributed by atoms with Crippen LogP contribution in [-0.4, -0.2) is 15.2 Å². The van der Waals surface area contributed by atoms with Crippen molar-refractivity contribution in [3.8, 4) is 0 Å². The van der Waals surface area contributed by atoms with Gasteiger partial charge in [0.15, 0.2) is 0 Å². The number of aromatic nitrogens is 3. The summed E-state index contributed by atoms with van der Waals surface area (Å²) in [4.78, 5) is 4.53. The van der Waals surface area contributed by atoms with E-state index in [2.05, 4.69) is 56.7 Å². The molecule has 0 aromatic carbocycles. The highest BCUT2D eigenvalue weighted by atomic mass is 32.1. The molecule has 2 rings (SSSR count). The number of rotatable bonds is 3. The fourth-order valence-corrected chi connectivity index (χ4v) is 3.02. The molecule has 0 atom stereocenters. The number of thiazole rings is 1. The molecule has 3 nitrogen and oxygen atoms in total. The molecule has 0 saturated heterocycles. The molecule has 2 heterocycles. The van der Waals surface area contributed by atoms with E-state index in [1.54, 1.807) is 11.3 Å². The van der Waals surface area contributed by atoms with E-state index in [1.165, 1.54) is 4.70 Å². The first kappa shape index (κ1) is 14.4. The zero-order valence-corrected chi connectivity index (χ0v) is 13.6. The second-order valence-corrected chi connectivity index (χ2v) is 7.82. The molecule has 0 bridgehead atoms. The van der Waals surface area contributed by atoms with E-state index in [0.29, 0.717) is 0 Å². The normalized spacial score (nSPS) is 13.2. The molecule has 0 fully saturated rings. The standard InChI is InChI=1S/C15H23N3S/c1-7-15(5,6)8-10-11-12(19-9-16-11)13(18-17-10)14(2,3)4/h9H,7-8H2,1-6H3. The lowest BCUT2D eigenvalue weighted by atomic mass is 9.84. The minimum atomic E-state index is 0.0105. The second kappa shape index (κ2) is 4.82. The van der Waals surface area contributed by atoms with E-state index < -0.39 is 0 Å². The van der Waals surface area contributed by atoms with Gasteiger partial charge >= 0.3 is 0 Å². The first-order valence-corrected chi connectivity index (χ1v) is 7.72. The minimum Gasteiger partial charge on any atom is -0.243 e. The Balaban J connectivity index is 2.53. The van der Waals surface area contributed by atoms with Crippen molar-refractivity contribution in [2.24, 2.45) is 5.41 Å². The van der Waals surface area contributed by atoms with Gasteiger partial charge in [0.1, 0.15) is 5.52 Å². The van der Waals surface area contributed by atoms with Crippen LogP contribution in [0, 0.1) is 5.41 Å². The molecular formula is C15H23N3S. The molecule has 0 amide bonds. The Bertz CT molecular complexity index is 579. The summed E-state index contributed by atoms with van der Waals surface area (Å²) in [6, 6.07) is 0. The van der Waals surface area contributed by atoms with Crippen LogP contribution in [0.3, 0.4) is 0 Å². The molecule has 0 saturated carbocycles. The van der Waals surface area contributed by atoms with E-state index in [-0.39, 0.29) is 10.8 Å². The van der Waals surface area contributed by atoms with Crippen LogP contribution in [0.15, 0.2) is 5.51 Å². The predicted octanol–water partition coefficient (Wildman–Crippen LogP) is 4.36. The zero-order valence-electron chi connectivity index (χ0n) is 12.7. The summed E-state index contributed by atoms with van der Waals surface area (Å²) in [5, 5.41) is 8.96. The Morgan fingerprint density at radius 1 is 1.11 bits per heavy atom. The summed E-state index contributed by atoms with van der Waals surface area (Å²) in [5.74, 6) is 0. The molecule has 19 heavy (non-hydrogen) atoms. The monoisotopic (exact) mass is 277 g/mol. The van der Waals surface area contributed by atoms with Crippen molar-refractivity contribution < 1.29 is 0 Å². The average molecular weight is 277 g/mol. The van der Waals surface area contributed by atoms with E-state index in [0.717, 1.165) is 29.7 Å². The van der Waals surface area contributed by atoms with Crippen molar-refractivity contribution in [3.05, 3.63) is 16.9 Å². The Kier molecular flexibility index (Phi) is 3.65. The molecule has 0 spiro atoms. The second-order valence-electron chi connectivity index (χ2n) is 6.97. The van der Waals surface area contributed by atoms with Crippen molar-refractivity contribution in [1.82, 2.24) is 15.2 Å². The first-order chi connectivity index (χ1) is 8.74. The lowest BCUT2D eigenvalue weighted by molar-refractivity contribution is 0.345.